The summed E-state index contributed by atoms with van der Waals surface area (Å²) in [5.41, 5.74) is 0. The molecule has 0 saturated carbocycles. The van der Waals surface area contributed by atoms with Crippen molar-refractivity contribution in [2.75, 3.05) is 5.75 Å². The smallest absolute Gasteiger partial charge is 0.129 e. The Morgan fingerprint density at radius 2 is 2.36 bits per heavy atom. The van der Waals surface area contributed by atoms with Crippen molar-refractivity contribution in [3.05, 3.63) is 16.7 Å². The van der Waals surface area contributed by atoms with E-state index in [1.54, 1.807) is 29.4 Å². The molecule has 0 spiro atoms. The van der Waals surface area contributed by atoms with Gasteiger partial charge in [0, 0.05) is 5.38 Å². The van der Waals surface area contributed by atoms with Crippen LogP contribution in [0.3, 0.4) is 0 Å². The van der Waals surface area contributed by atoms with E-state index in [4.69, 9.17) is 11.6 Å². The average molecular weight is 245 g/mol. The highest BCUT2D eigenvalue weighted by atomic mass is 35.5. The summed E-state index contributed by atoms with van der Waals surface area (Å²) in [6, 6.07) is 0. The molecule has 14 heavy (non-hydrogen) atoms. The number of aromatic nitrogens is 2. The van der Waals surface area contributed by atoms with Gasteiger partial charge >= 0.3 is 0 Å². The molecule has 0 fully saturated rings. The monoisotopic (exact) mass is 244 g/mol. The van der Waals surface area contributed by atoms with Crippen molar-refractivity contribution in [1.29, 1.82) is 0 Å². The van der Waals surface area contributed by atoms with Crippen molar-refractivity contribution in [2.24, 2.45) is 0 Å². The zero-order chi connectivity index (χ0) is 9.97. The normalized spacial score (nSPS) is 11.0. The van der Waals surface area contributed by atoms with E-state index in [1.165, 1.54) is 0 Å². The van der Waals surface area contributed by atoms with Gasteiger partial charge in [-0.15, -0.1) is 23.1 Å². The summed E-state index contributed by atoms with van der Waals surface area (Å²) >= 11 is 9.38. The van der Waals surface area contributed by atoms with Crippen LogP contribution in [0.25, 0.3) is 10.2 Å². The molecule has 74 valence electrons. The second kappa shape index (κ2) is 4.47. The van der Waals surface area contributed by atoms with Crippen molar-refractivity contribution in [1.82, 2.24) is 9.97 Å². The molecule has 0 aromatic carbocycles. The molecule has 2 rings (SSSR count). The van der Waals surface area contributed by atoms with E-state index in [1.807, 2.05) is 5.38 Å². The molecule has 0 N–H and O–H groups in total. The minimum atomic E-state index is 0.768. The first-order valence-electron chi connectivity index (χ1n) is 4.33. The second-order valence-electron chi connectivity index (χ2n) is 2.79. The SMILES string of the molecule is CCCSc1ncnc2scc(Cl)c12. The van der Waals surface area contributed by atoms with Gasteiger partial charge in [0.15, 0.2) is 0 Å². The lowest BCUT2D eigenvalue weighted by molar-refractivity contribution is 1.08. The molecule has 0 atom stereocenters. The molecule has 0 aliphatic rings. The zero-order valence-electron chi connectivity index (χ0n) is 7.66. The van der Waals surface area contributed by atoms with Crippen LogP contribution in [0.5, 0.6) is 0 Å². The fourth-order valence-corrected chi connectivity index (χ4v) is 3.25. The van der Waals surface area contributed by atoms with Crippen LogP contribution in [0.1, 0.15) is 13.3 Å². The van der Waals surface area contributed by atoms with E-state index in [2.05, 4.69) is 16.9 Å². The number of thiophene rings is 1. The first kappa shape index (κ1) is 10.2. The highest BCUT2D eigenvalue weighted by molar-refractivity contribution is 7.99. The van der Waals surface area contributed by atoms with Gasteiger partial charge in [-0.3, -0.25) is 0 Å². The lowest BCUT2D eigenvalue weighted by Crippen LogP contribution is -1.84. The van der Waals surface area contributed by atoms with E-state index in [-0.39, 0.29) is 0 Å². The highest BCUT2D eigenvalue weighted by Crippen LogP contribution is 2.34. The third-order valence-electron chi connectivity index (χ3n) is 1.73. The summed E-state index contributed by atoms with van der Waals surface area (Å²) < 4.78 is 0. The van der Waals surface area contributed by atoms with Gasteiger partial charge in [-0.1, -0.05) is 18.5 Å². The van der Waals surface area contributed by atoms with E-state index in [0.717, 1.165) is 32.4 Å². The fourth-order valence-electron chi connectivity index (χ4n) is 1.12. The van der Waals surface area contributed by atoms with E-state index >= 15 is 0 Å². The molecule has 0 radical (unpaired) electrons. The molecular formula is C9H9ClN2S2. The summed E-state index contributed by atoms with van der Waals surface area (Å²) in [7, 11) is 0. The van der Waals surface area contributed by atoms with Gasteiger partial charge in [0.2, 0.25) is 0 Å². The maximum absolute atomic E-state index is 6.07. The van der Waals surface area contributed by atoms with Crippen LogP contribution in [-0.2, 0) is 0 Å². The summed E-state index contributed by atoms with van der Waals surface area (Å²) in [5.74, 6) is 1.07. The topological polar surface area (TPSA) is 25.8 Å². The fraction of sp³-hybridized carbons (Fsp3) is 0.333. The van der Waals surface area contributed by atoms with Crippen LogP contribution >= 0.6 is 34.7 Å². The molecule has 0 aliphatic carbocycles. The molecule has 0 saturated heterocycles. The molecule has 0 unspecified atom stereocenters. The summed E-state index contributed by atoms with van der Waals surface area (Å²) in [5, 5.41) is 4.70. The van der Waals surface area contributed by atoms with Crippen LogP contribution in [0.15, 0.2) is 16.7 Å². The van der Waals surface area contributed by atoms with E-state index in [9.17, 15) is 0 Å². The molecule has 2 aromatic heterocycles. The number of hydrogen-bond donors (Lipinski definition) is 0. The Balaban J connectivity index is 2.46. The lowest BCUT2D eigenvalue weighted by Gasteiger charge is -1.99. The molecule has 0 amide bonds. The first-order chi connectivity index (χ1) is 6.83. The summed E-state index contributed by atoms with van der Waals surface area (Å²) in [6.07, 6.45) is 2.74. The number of halogens is 1. The van der Waals surface area contributed by atoms with Gasteiger partial charge in [0.1, 0.15) is 16.2 Å². The largest absolute Gasteiger partial charge is 0.229 e. The molecule has 0 bridgehead atoms. The Kier molecular flexibility index (Phi) is 3.26. The first-order valence-corrected chi connectivity index (χ1v) is 6.57. The molecular weight excluding hydrogens is 236 g/mol. The predicted molar refractivity (Wildman–Crippen MR) is 63.4 cm³/mol. The maximum atomic E-state index is 6.07. The van der Waals surface area contributed by atoms with Crippen LogP contribution in [-0.4, -0.2) is 15.7 Å². The minimum absolute atomic E-state index is 0.768. The van der Waals surface area contributed by atoms with Crippen molar-refractivity contribution in [2.45, 2.75) is 18.4 Å². The van der Waals surface area contributed by atoms with Gasteiger partial charge in [-0.2, -0.15) is 0 Å². The Morgan fingerprint density at radius 1 is 1.50 bits per heavy atom. The molecule has 5 heteroatoms. The van der Waals surface area contributed by atoms with Crippen molar-refractivity contribution >= 4 is 44.9 Å². The third-order valence-corrected chi connectivity index (χ3v) is 4.24. The molecule has 0 aliphatic heterocycles. The van der Waals surface area contributed by atoms with Crippen molar-refractivity contribution in [3.8, 4) is 0 Å². The Labute approximate surface area is 95.7 Å². The summed E-state index contributed by atoms with van der Waals surface area (Å²) in [4.78, 5) is 9.41. The standard InChI is InChI=1S/C9H9ClN2S2/c1-2-3-13-8-7-6(10)4-14-9(7)12-5-11-8/h4-5H,2-3H2,1H3. The van der Waals surface area contributed by atoms with Gasteiger partial charge in [0.25, 0.3) is 0 Å². The van der Waals surface area contributed by atoms with Crippen molar-refractivity contribution < 1.29 is 0 Å². The number of nitrogens with zero attached hydrogens (tertiary/aromatic N) is 2. The average Bonchev–Trinajstić information content (AvgIpc) is 2.58. The van der Waals surface area contributed by atoms with Gasteiger partial charge in [-0.05, 0) is 12.2 Å². The van der Waals surface area contributed by atoms with E-state index < -0.39 is 0 Å². The third kappa shape index (κ3) is 1.87. The van der Waals surface area contributed by atoms with Crippen LogP contribution in [0, 0.1) is 0 Å². The second-order valence-corrected chi connectivity index (χ2v) is 5.14. The number of fused-ring (bicyclic) bond motifs is 1. The Bertz CT molecular complexity index is 441. The molecule has 2 heterocycles. The predicted octanol–water partition coefficient (Wildman–Crippen LogP) is 3.85. The van der Waals surface area contributed by atoms with Gasteiger partial charge in [0.05, 0.1) is 10.4 Å². The van der Waals surface area contributed by atoms with E-state index in [0.29, 0.717) is 0 Å². The maximum Gasteiger partial charge on any atom is 0.129 e. The Morgan fingerprint density at radius 3 is 3.14 bits per heavy atom. The van der Waals surface area contributed by atoms with Crippen LogP contribution < -0.4 is 0 Å². The minimum Gasteiger partial charge on any atom is -0.229 e. The lowest BCUT2D eigenvalue weighted by atomic mass is 10.4. The molecule has 2 nitrogen and oxygen atoms in total. The number of thioether (sulfide) groups is 1. The number of rotatable bonds is 3. The Hall–Kier alpha value is -0.320. The van der Waals surface area contributed by atoms with Gasteiger partial charge < -0.3 is 0 Å². The summed E-state index contributed by atoms with van der Waals surface area (Å²) in [6.45, 7) is 2.15. The van der Waals surface area contributed by atoms with Crippen LogP contribution in [0.4, 0.5) is 0 Å². The molecule has 2 aromatic rings. The van der Waals surface area contributed by atoms with Crippen LogP contribution in [0.2, 0.25) is 5.02 Å². The zero-order valence-corrected chi connectivity index (χ0v) is 10.0. The highest BCUT2D eigenvalue weighted by Gasteiger charge is 2.09. The van der Waals surface area contributed by atoms with Gasteiger partial charge in [-0.25, -0.2) is 9.97 Å². The number of hydrogen-bond acceptors (Lipinski definition) is 4. The van der Waals surface area contributed by atoms with Crippen molar-refractivity contribution in [3.63, 3.8) is 0 Å². The quantitative estimate of drug-likeness (QED) is 0.606.